The van der Waals surface area contributed by atoms with Gasteiger partial charge in [0.2, 0.25) is 0 Å². The van der Waals surface area contributed by atoms with Crippen molar-refractivity contribution < 1.29 is 14.3 Å². The van der Waals surface area contributed by atoms with Crippen LogP contribution >= 0.6 is 23.2 Å². The predicted octanol–water partition coefficient (Wildman–Crippen LogP) is 5.35. The molecule has 128 valence electrons. The van der Waals surface area contributed by atoms with Gasteiger partial charge in [-0.3, -0.25) is 4.79 Å². The third-order valence-corrected chi connectivity index (χ3v) is 3.89. The number of ether oxygens (including phenoxy) is 2. The molecule has 0 atom stereocenters. The number of rotatable bonds is 6. The minimum Gasteiger partial charge on any atom is -0.493 e. The van der Waals surface area contributed by atoms with Crippen molar-refractivity contribution in [1.29, 1.82) is 0 Å². The number of hydrogen-bond donors (Lipinski definition) is 1. The van der Waals surface area contributed by atoms with Gasteiger partial charge in [0, 0.05) is 16.3 Å². The van der Waals surface area contributed by atoms with E-state index >= 15 is 0 Å². The van der Waals surface area contributed by atoms with Gasteiger partial charge in [0.05, 0.1) is 18.7 Å². The van der Waals surface area contributed by atoms with Crippen molar-refractivity contribution in [2.45, 2.75) is 20.3 Å². The normalized spacial score (nSPS) is 10.4. The van der Waals surface area contributed by atoms with Gasteiger partial charge in [0.15, 0.2) is 11.5 Å². The number of anilines is 1. The van der Waals surface area contributed by atoms with Gasteiger partial charge in [-0.05, 0) is 49.2 Å². The van der Waals surface area contributed by atoms with Gasteiger partial charge in [-0.1, -0.05) is 30.1 Å². The second-order valence-electron chi connectivity index (χ2n) is 5.25. The zero-order valence-corrected chi connectivity index (χ0v) is 15.3. The smallest absolute Gasteiger partial charge is 0.255 e. The highest BCUT2D eigenvalue weighted by molar-refractivity contribution is 6.33. The first kappa shape index (κ1) is 18.4. The molecule has 0 saturated heterocycles. The lowest BCUT2D eigenvalue weighted by Crippen LogP contribution is -2.13. The molecule has 1 amide bonds. The summed E-state index contributed by atoms with van der Waals surface area (Å²) in [5.41, 5.74) is 1.94. The zero-order valence-electron chi connectivity index (χ0n) is 13.8. The standard InChI is InChI=1S/C18H19Cl2NO3/c1-4-7-24-17-14(20)9-12(10-16(17)23-3)18(22)21-15-6-5-13(19)8-11(15)2/h5-6,8-10H,4,7H2,1-3H3,(H,21,22). The monoisotopic (exact) mass is 367 g/mol. The van der Waals surface area contributed by atoms with Gasteiger partial charge in [-0.25, -0.2) is 0 Å². The average molecular weight is 368 g/mol. The second kappa shape index (κ2) is 8.27. The maximum atomic E-state index is 12.5. The van der Waals surface area contributed by atoms with Crippen molar-refractivity contribution >= 4 is 34.8 Å². The van der Waals surface area contributed by atoms with Crippen molar-refractivity contribution in [1.82, 2.24) is 0 Å². The third-order valence-electron chi connectivity index (χ3n) is 3.38. The van der Waals surface area contributed by atoms with Crippen LogP contribution in [0.15, 0.2) is 30.3 Å². The summed E-state index contributed by atoms with van der Waals surface area (Å²) < 4.78 is 10.9. The molecule has 0 heterocycles. The van der Waals surface area contributed by atoms with Crippen LogP contribution in [0.1, 0.15) is 29.3 Å². The maximum Gasteiger partial charge on any atom is 0.255 e. The number of benzene rings is 2. The maximum absolute atomic E-state index is 12.5. The summed E-state index contributed by atoms with van der Waals surface area (Å²) in [6, 6.07) is 8.44. The molecule has 0 bridgehead atoms. The van der Waals surface area contributed by atoms with E-state index in [1.165, 1.54) is 7.11 Å². The van der Waals surface area contributed by atoms with Crippen molar-refractivity contribution in [3.63, 3.8) is 0 Å². The van der Waals surface area contributed by atoms with Crippen LogP contribution in [-0.4, -0.2) is 19.6 Å². The Morgan fingerprint density at radius 3 is 2.58 bits per heavy atom. The summed E-state index contributed by atoms with van der Waals surface area (Å²) in [5.74, 6) is 0.580. The SMILES string of the molecule is CCCOc1c(Cl)cc(C(=O)Nc2ccc(Cl)cc2C)cc1OC. The molecule has 0 aliphatic carbocycles. The summed E-state index contributed by atoms with van der Waals surface area (Å²) >= 11 is 12.2. The molecule has 24 heavy (non-hydrogen) atoms. The van der Waals surface area contributed by atoms with Gasteiger partial charge >= 0.3 is 0 Å². The number of carbonyl (C=O) groups excluding carboxylic acids is 1. The van der Waals surface area contributed by atoms with Crippen LogP contribution in [0, 0.1) is 6.92 Å². The molecule has 0 aliphatic heterocycles. The van der Waals surface area contributed by atoms with E-state index in [2.05, 4.69) is 5.32 Å². The van der Waals surface area contributed by atoms with E-state index in [1.807, 2.05) is 13.8 Å². The lowest BCUT2D eigenvalue weighted by Gasteiger charge is -2.14. The molecule has 0 saturated carbocycles. The van der Waals surface area contributed by atoms with Crippen LogP contribution in [0.25, 0.3) is 0 Å². The number of hydrogen-bond acceptors (Lipinski definition) is 3. The van der Waals surface area contributed by atoms with Gasteiger partial charge < -0.3 is 14.8 Å². The topological polar surface area (TPSA) is 47.6 Å². The fourth-order valence-electron chi connectivity index (χ4n) is 2.16. The number of amides is 1. The van der Waals surface area contributed by atoms with Crippen molar-refractivity contribution in [2.75, 3.05) is 19.0 Å². The Bertz CT molecular complexity index is 747. The highest BCUT2D eigenvalue weighted by Crippen LogP contribution is 2.36. The average Bonchev–Trinajstić information content (AvgIpc) is 2.55. The van der Waals surface area contributed by atoms with Crippen LogP contribution in [0.4, 0.5) is 5.69 Å². The van der Waals surface area contributed by atoms with Crippen LogP contribution in [0.2, 0.25) is 10.0 Å². The van der Waals surface area contributed by atoms with Crippen molar-refractivity contribution in [2.24, 2.45) is 0 Å². The molecule has 0 fully saturated rings. The van der Waals surface area contributed by atoms with Crippen LogP contribution < -0.4 is 14.8 Å². The summed E-state index contributed by atoms with van der Waals surface area (Å²) in [7, 11) is 1.51. The fourth-order valence-corrected chi connectivity index (χ4v) is 2.65. The van der Waals surface area contributed by atoms with Gasteiger partial charge in [0.25, 0.3) is 5.91 Å². The van der Waals surface area contributed by atoms with Crippen molar-refractivity contribution in [3.05, 3.63) is 51.5 Å². The van der Waals surface area contributed by atoms with E-state index in [0.717, 1.165) is 12.0 Å². The first-order valence-electron chi connectivity index (χ1n) is 7.54. The number of nitrogens with one attached hydrogen (secondary N) is 1. The minimum atomic E-state index is -0.289. The Morgan fingerprint density at radius 1 is 1.21 bits per heavy atom. The molecule has 0 aliphatic rings. The largest absolute Gasteiger partial charge is 0.493 e. The molecule has 2 rings (SSSR count). The first-order valence-corrected chi connectivity index (χ1v) is 8.29. The van der Waals surface area contributed by atoms with E-state index in [9.17, 15) is 4.79 Å². The highest BCUT2D eigenvalue weighted by Gasteiger charge is 2.16. The molecular formula is C18H19Cl2NO3. The molecule has 2 aromatic rings. The third kappa shape index (κ3) is 4.34. The van der Waals surface area contributed by atoms with Gasteiger partial charge in [-0.15, -0.1) is 0 Å². The lowest BCUT2D eigenvalue weighted by molar-refractivity contribution is 0.102. The second-order valence-corrected chi connectivity index (χ2v) is 6.09. The Morgan fingerprint density at radius 2 is 1.96 bits per heavy atom. The predicted molar refractivity (Wildman–Crippen MR) is 97.9 cm³/mol. The van der Waals surface area contributed by atoms with Crippen LogP contribution in [-0.2, 0) is 0 Å². The van der Waals surface area contributed by atoms with Crippen LogP contribution in [0.3, 0.4) is 0 Å². The Hall–Kier alpha value is -1.91. The number of halogens is 2. The molecule has 2 aromatic carbocycles. The molecule has 0 unspecified atom stereocenters. The summed E-state index contributed by atoms with van der Waals surface area (Å²) in [6.45, 7) is 4.39. The number of aryl methyl sites for hydroxylation is 1. The molecule has 0 aromatic heterocycles. The number of methoxy groups -OCH3 is 1. The van der Waals surface area contributed by atoms with E-state index < -0.39 is 0 Å². The Labute approximate surface area is 151 Å². The highest BCUT2D eigenvalue weighted by atomic mass is 35.5. The van der Waals surface area contributed by atoms with E-state index in [1.54, 1.807) is 30.3 Å². The Balaban J connectivity index is 2.27. The summed E-state index contributed by atoms with van der Waals surface area (Å²) in [4.78, 5) is 12.5. The van der Waals surface area contributed by atoms with Crippen molar-refractivity contribution in [3.8, 4) is 11.5 Å². The zero-order chi connectivity index (χ0) is 17.7. The summed E-state index contributed by atoms with van der Waals surface area (Å²) in [6.07, 6.45) is 0.845. The molecule has 4 nitrogen and oxygen atoms in total. The summed E-state index contributed by atoms with van der Waals surface area (Å²) in [5, 5.41) is 3.79. The first-order chi connectivity index (χ1) is 11.5. The number of carbonyl (C=O) groups is 1. The fraction of sp³-hybridized carbons (Fsp3) is 0.278. The Kier molecular flexibility index (Phi) is 6.35. The molecule has 0 radical (unpaired) electrons. The lowest BCUT2D eigenvalue weighted by atomic mass is 10.1. The van der Waals surface area contributed by atoms with E-state index in [4.69, 9.17) is 32.7 Å². The van der Waals surface area contributed by atoms with Crippen LogP contribution in [0.5, 0.6) is 11.5 Å². The van der Waals surface area contributed by atoms with E-state index in [-0.39, 0.29) is 5.91 Å². The van der Waals surface area contributed by atoms with Gasteiger partial charge in [0.1, 0.15) is 0 Å². The minimum absolute atomic E-state index is 0.289. The van der Waals surface area contributed by atoms with Gasteiger partial charge in [-0.2, -0.15) is 0 Å². The molecule has 1 N–H and O–H groups in total. The van der Waals surface area contributed by atoms with E-state index in [0.29, 0.717) is 39.4 Å². The molecular weight excluding hydrogens is 349 g/mol. The molecule has 0 spiro atoms. The quantitative estimate of drug-likeness (QED) is 0.748. The molecule has 6 heteroatoms.